The molecule has 0 bridgehead atoms. The van der Waals surface area contributed by atoms with Crippen LogP contribution in [0.25, 0.3) is 0 Å². The van der Waals surface area contributed by atoms with Gasteiger partial charge in [0.2, 0.25) is 5.91 Å². The third-order valence-electron chi connectivity index (χ3n) is 5.54. The normalized spacial score (nSPS) is 15.9. The summed E-state index contributed by atoms with van der Waals surface area (Å²) in [6.07, 6.45) is 0.678. The van der Waals surface area contributed by atoms with Crippen molar-refractivity contribution >= 4 is 28.5 Å². The molecule has 7 heteroatoms. The minimum absolute atomic E-state index is 0.121. The Labute approximate surface area is 188 Å². The Morgan fingerprint density at radius 2 is 1.71 bits per heavy atom. The largest absolute Gasteiger partial charge is 0.416 e. The predicted octanol–water partition coefficient (Wildman–Crippen LogP) is 7.33. The first-order valence-corrected chi connectivity index (χ1v) is 11.9. The molecule has 1 saturated carbocycles. The fourth-order valence-electron chi connectivity index (χ4n) is 3.55. The van der Waals surface area contributed by atoms with Gasteiger partial charge in [0.25, 0.3) is 0 Å². The van der Waals surface area contributed by atoms with E-state index >= 15 is 0 Å². The van der Waals surface area contributed by atoms with Crippen LogP contribution in [0.2, 0.25) is 0 Å². The lowest BCUT2D eigenvalue weighted by molar-refractivity contribution is -0.137. The van der Waals surface area contributed by atoms with Crippen LogP contribution in [0.5, 0.6) is 0 Å². The van der Waals surface area contributed by atoms with Crippen molar-refractivity contribution in [3.8, 4) is 0 Å². The summed E-state index contributed by atoms with van der Waals surface area (Å²) in [5.74, 6) is -0.00359. The number of alkyl halides is 3. The van der Waals surface area contributed by atoms with Gasteiger partial charge < -0.3 is 4.90 Å². The van der Waals surface area contributed by atoms with Gasteiger partial charge in [-0.15, -0.1) is 0 Å². The van der Waals surface area contributed by atoms with Crippen LogP contribution in [0.1, 0.15) is 78.7 Å². The standard InChI is InChI=1S/C24H34F3NO2S/c1-16(2)13-14-28(21(29)17-9-7-6-8-10-17)19-15-18(24(25,26)27)11-12-20(19)31-22(30)23(3,4)5/h11-12,15-17H,6-10,13-14H2,1-5H3. The van der Waals surface area contributed by atoms with E-state index in [1.165, 1.54) is 11.0 Å². The number of amides is 1. The van der Waals surface area contributed by atoms with Crippen molar-refractivity contribution in [2.75, 3.05) is 11.4 Å². The Morgan fingerprint density at radius 1 is 1.10 bits per heavy atom. The van der Waals surface area contributed by atoms with E-state index < -0.39 is 17.2 Å². The molecule has 2 rings (SSSR count). The van der Waals surface area contributed by atoms with Gasteiger partial charge >= 0.3 is 6.18 Å². The molecule has 0 atom stereocenters. The number of rotatable bonds is 6. The van der Waals surface area contributed by atoms with Crippen molar-refractivity contribution in [1.29, 1.82) is 0 Å². The van der Waals surface area contributed by atoms with Gasteiger partial charge in [0.1, 0.15) is 0 Å². The number of hydrogen-bond acceptors (Lipinski definition) is 3. The molecule has 31 heavy (non-hydrogen) atoms. The topological polar surface area (TPSA) is 37.4 Å². The number of carbonyl (C=O) groups excluding carboxylic acids is 2. The fourth-order valence-corrected chi connectivity index (χ4v) is 4.47. The zero-order valence-electron chi connectivity index (χ0n) is 19.1. The van der Waals surface area contributed by atoms with Crippen molar-refractivity contribution in [3.63, 3.8) is 0 Å². The second-order valence-electron chi connectivity index (χ2n) is 9.83. The smallest absolute Gasteiger partial charge is 0.311 e. The monoisotopic (exact) mass is 457 g/mol. The second kappa shape index (κ2) is 10.4. The molecule has 174 valence electrons. The van der Waals surface area contributed by atoms with E-state index in [4.69, 9.17) is 0 Å². The lowest BCUT2D eigenvalue weighted by Gasteiger charge is -2.32. The van der Waals surface area contributed by atoms with Gasteiger partial charge in [0.05, 0.1) is 11.3 Å². The summed E-state index contributed by atoms with van der Waals surface area (Å²) >= 11 is 0.923. The highest BCUT2D eigenvalue weighted by molar-refractivity contribution is 8.13. The van der Waals surface area contributed by atoms with Crippen LogP contribution >= 0.6 is 11.8 Å². The average Bonchev–Trinajstić information content (AvgIpc) is 2.67. The molecule has 0 unspecified atom stereocenters. The lowest BCUT2D eigenvalue weighted by Crippen LogP contribution is -2.39. The fraction of sp³-hybridized carbons (Fsp3) is 0.667. The molecule has 0 spiro atoms. The first-order chi connectivity index (χ1) is 14.3. The van der Waals surface area contributed by atoms with Gasteiger partial charge in [-0.2, -0.15) is 13.2 Å². The third-order valence-corrected chi connectivity index (χ3v) is 6.91. The first-order valence-electron chi connectivity index (χ1n) is 11.1. The summed E-state index contributed by atoms with van der Waals surface area (Å²) in [6.45, 7) is 9.70. The Hall–Kier alpha value is -1.50. The molecule has 1 aliphatic rings. The molecule has 1 fully saturated rings. The summed E-state index contributed by atoms with van der Waals surface area (Å²) in [7, 11) is 0. The molecule has 0 radical (unpaired) electrons. The number of nitrogens with zero attached hydrogens (tertiary/aromatic N) is 1. The molecule has 1 amide bonds. The van der Waals surface area contributed by atoms with E-state index in [9.17, 15) is 22.8 Å². The first kappa shape index (κ1) is 25.8. The minimum atomic E-state index is -4.52. The van der Waals surface area contributed by atoms with E-state index in [-0.39, 0.29) is 22.6 Å². The number of anilines is 1. The highest BCUT2D eigenvalue weighted by atomic mass is 32.2. The van der Waals surface area contributed by atoms with Gasteiger partial charge in [-0.3, -0.25) is 9.59 Å². The summed E-state index contributed by atoms with van der Waals surface area (Å²) < 4.78 is 40.5. The molecule has 0 saturated heterocycles. The van der Waals surface area contributed by atoms with Crippen molar-refractivity contribution in [1.82, 2.24) is 0 Å². The van der Waals surface area contributed by atoms with Crippen LogP contribution in [0.15, 0.2) is 23.1 Å². The molecular weight excluding hydrogens is 423 g/mol. The molecule has 1 aromatic rings. The summed E-state index contributed by atoms with van der Waals surface area (Å²) in [5.41, 5.74) is -1.25. The molecule has 0 N–H and O–H groups in total. The highest BCUT2D eigenvalue weighted by Gasteiger charge is 2.35. The molecule has 0 heterocycles. The molecule has 1 aromatic carbocycles. The van der Waals surface area contributed by atoms with Crippen molar-refractivity contribution in [2.24, 2.45) is 17.3 Å². The molecule has 0 aliphatic heterocycles. The van der Waals surface area contributed by atoms with Crippen LogP contribution < -0.4 is 4.90 Å². The third kappa shape index (κ3) is 7.26. The van der Waals surface area contributed by atoms with Crippen molar-refractivity contribution in [2.45, 2.75) is 84.2 Å². The van der Waals surface area contributed by atoms with E-state index in [0.29, 0.717) is 23.8 Å². The van der Waals surface area contributed by atoms with Gasteiger partial charge in [-0.05, 0) is 55.1 Å². The van der Waals surface area contributed by atoms with E-state index in [0.717, 1.165) is 56.0 Å². The Morgan fingerprint density at radius 3 is 2.23 bits per heavy atom. The summed E-state index contributed by atoms with van der Waals surface area (Å²) in [5, 5.41) is -0.151. The van der Waals surface area contributed by atoms with Crippen molar-refractivity contribution < 1.29 is 22.8 Å². The van der Waals surface area contributed by atoms with E-state index in [1.807, 2.05) is 13.8 Å². The highest BCUT2D eigenvalue weighted by Crippen LogP contribution is 2.41. The Balaban J connectivity index is 2.52. The van der Waals surface area contributed by atoms with Crippen LogP contribution in [0.3, 0.4) is 0 Å². The lowest BCUT2D eigenvalue weighted by atomic mass is 9.88. The zero-order valence-corrected chi connectivity index (χ0v) is 20.0. The molecular formula is C24H34F3NO2S. The average molecular weight is 458 g/mol. The predicted molar refractivity (Wildman–Crippen MR) is 120 cm³/mol. The zero-order chi connectivity index (χ0) is 23.4. The van der Waals surface area contributed by atoms with Gasteiger partial charge in [-0.25, -0.2) is 0 Å². The van der Waals surface area contributed by atoms with Gasteiger partial charge in [0.15, 0.2) is 5.12 Å². The van der Waals surface area contributed by atoms with Crippen molar-refractivity contribution in [3.05, 3.63) is 23.8 Å². The van der Waals surface area contributed by atoms with Crippen LogP contribution in [0.4, 0.5) is 18.9 Å². The minimum Gasteiger partial charge on any atom is -0.311 e. The second-order valence-corrected chi connectivity index (χ2v) is 10.8. The number of thioether (sulfide) groups is 1. The molecule has 3 nitrogen and oxygen atoms in total. The number of halogens is 3. The maximum absolute atomic E-state index is 13.5. The van der Waals surface area contributed by atoms with Crippen LogP contribution in [-0.4, -0.2) is 17.6 Å². The Bertz CT molecular complexity index is 778. The maximum Gasteiger partial charge on any atom is 0.416 e. The molecule has 0 aromatic heterocycles. The van der Waals surface area contributed by atoms with Crippen LogP contribution in [-0.2, 0) is 15.8 Å². The summed E-state index contributed by atoms with van der Waals surface area (Å²) in [6, 6.07) is 3.37. The maximum atomic E-state index is 13.5. The van der Waals surface area contributed by atoms with E-state index in [2.05, 4.69) is 0 Å². The van der Waals surface area contributed by atoms with Crippen LogP contribution in [0, 0.1) is 17.3 Å². The number of carbonyl (C=O) groups is 2. The van der Waals surface area contributed by atoms with Gasteiger partial charge in [0, 0.05) is 22.8 Å². The number of benzene rings is 1. The number of hydrogen-bond donors (Lipinski definition) is 0. The molecule has 1 aliphatic carbocycles. The van der Waals surface area contributed by atoms with E-state index in [1.54, 1.807) is 20.8 Å². The SMILES string of the molecule is CC(C)CCN(C(=O)C1CCCCC1)c1cc(C(F)(F)F)ccc1SC(=O)C(C)(C)C. The van der Waals surface area contributed by atoms with Gasteiger partial charge in [-0.1, -0.05) is 53.9 Å². The Kier molecular flexibility index (Phi) is 8.65. The quantitative estimate of drug-likeness (QED) is 0.420. The summed E-state index contributed by atoms with van der Waals surface area (Å²) in [4.78, 5) is 28.0.